The normalized spacial score (nSPS) is 11.9. The summed E-state index contributed by atoms with van der Waals surface area (Å²) in [6, 6.07) is 9.61. The molecule has 0 aliphatic heterocycles. The fourth-order valence-corrected chi connectivity index (χ4v) is 1.74. The zero-order chi connectivity index (χ0) is 14.5. The van der Waals surface area contributed by atoms with Crippen molar-refractivity contribution in [3.63, 3.8) is 0 Å². The maximum absolute atomic E-state index is 10.7. The Morgan fingerprint density at radius 1 is 1.40 bits per heavy atom. The van der Waals surface area contributed by atoms with Gasteiger partial charge in [0.1, 0.15) is 12.4 Å². The van der Waals surface area contributed by atoms with Gasteiger partial charge in [0.15, 0.2) is 0 Å². The Kier molecular flexibility index (Phi) is 4.27. The van der Waals surface area contributed by atoms with Gasteiger partial charge in [0.2, 0.25) is 0 Å². The summed E-state index contributed by atoms with van der Waals surface area (Å²) in [7, 11) is 0. The second kappa shape index (κ2) is 6.12. The zero-order valence-electron chi connectivity index (χ0n) is 10.9. The molecular weight excluding hydrogens is 260 g/mol. The van der Waals surface area contributed by atoms with Crippen molar-refractivity contribution in [2.45, 2.75) is 19.6 Å². The van der Waals surface area contributed by atoms with Gasteiger partial charge >= 0.3 is 0 Å². The molecule has 0 amide bonds. The topological polar surface area (TPSA) is 85.5 Å². The molecule has 1 unspecified atom stereocenters. The van der Waals surface area contributed by atoms with Crippen LogP contribution >= 0.6 is 0 Å². The SMILES string of the molecule is CC(O)c1cc([N+](=O)[O-])ccc1OCc1ccccn1. The number of aliphatic hydroxyl groups is 1. The molecule has 1 aromatic carbocycles. The molecule has 20 heavy (non-hydrogen) atoms. The molecule has 104 valence electrons. The molecule has 0 saturated carbocycles. The average Bonchev–Trinajstić information content (AvgIpc) is 2.45. The van der Waals surface area contributed by atoms with Gasteiger partial charge in [-0.15, -0.1) is 0 Å². The van der Waals surface area contributed by atoms with Crippen LogP contribution in [0.15, 0.2) is 42.6 Å². The molecule has 0 bridgehead atoms. The molecule has 0 spiro atoms. The zero-order valence-corrected chi connectivity index (χ0v) is 10.9. The Morgan fingerprint density at radius 3 is 2.80 bits per heavy atom. The van der Waals surface area contributed by atoms with Gasteiger partial charge in [0.25, 0.3) is 5.69 Å². The van der Waals surface area contributed by atoms with Crippen LogP contribution < -0.4 is 4.74 Å². The number of non-ortho nitro benzene ring substituents is 1. The molecule has 2 aromatic rings. The lowest BCUT2D eigenvalue weighted by molar-refractivity contribution is -0.385. The van der Waals surface area contributed by atoms with Gasteiger partial charge < -0.3 is 9.84 Å². The number of hydrogen-bond acceptors (Lipinski definition) is 5. The standard InChI is InChI=1S/C14H14N2O4/c1-10(17)13-8-12(16(18)19)5-6-14(13)20-9-11-4-2-3-7-15-11/h2-8,10,17H,9H2,1H3. The summed E-state index contributed by atoms with van der Waals surface area (Å²) in [5.74, 6) is 0.413. The van der Waals surface area contributed by atoms with Crippen molar-refractivity contribution >= 4 is 5.69 Å². The van der Waals surface area contributed by atoms with Crippen LogP contribution in [0.25, 0.3) is 0 Å². The predicted molar refractivity (Wildman–Crippen MR) is 72.3 cm³/mol. The van der Waals surface area contributed by atoms with E-state index in [0.717, 1.165) is 5.69 Å². The molecule has 1 aromatic heterocycles. The molecule has 2 rings (SSSR count). The number of benzene rings is 1. The highest BCUT2D eigenvalue weighted by Gasteiger charge is 2.15. The molecule has 0 aliphatic rings. The van der Waals surface area contributed by atoms with E-state index >= 15 is 0 Å². The highest BCUT2D eigenvalue weighted by Crippen LogP contribution is 2.29. The number of ether oxygens (including phenoxy) is 1. The lowest BCUT2D eigenvalue weighted by atomic mass is 10.1. The van der Waals surface area contributed by atoms with Crippen LogP contribution in [0.5, 0.6) is 5.75 Å². The second-order valence-corrected chi connectivity index (χ2v) is 4.26. The van der Waals surface area contributed by atoms with Crippen LogP contribution in [0.4, 0.5) is 5.69 Å². The molecule has 6 nitrogen and oxygen atoms in total. The Bertz CT molecular complexity index is 599. The number of aromatic nitrogens is 1. The Hall–Kier alpha value is -2.47. The third kappa shape index (κ3) is 3.30. The van der Waals surface area contributed by atoms with Crippen LogP contribution in [-0.4, -0.2) is 15.0 Å². The van der Waals surface area contributed by atoms with Gasteiger partial charge in [0.05, 0.1) is 16.7 Å². The fraction of sp³-hybridized carbons (Fsp3) is 0.214. The molecule has 0 saturated heterocycles. The Morgan fingerprint density at radius 2 is 2.20 bits per heavy atom. The van der Waals surface area contributed by atoms with E-state index in [1.165, 1.54) is 25.1 Å². The molecule has 6 heteroatoms. The first kappa shape index (κ1) is 14.0. The van der Waals surface area contributed by atoms with Crippen molar-refractivity contribution in [2.75, 3.05) is 0 Å². The monoisotopic (exact) mass is 274 g/mol. The summed E-state index contributed by atoms with van der Waals surface area (Å²) >= 11 is 0. The minimum Gasteiger partial charge on any atom is -0.487 e. The summed E-state index contributed by atoms with van der Waals surface area (Å²) < 4.78 is 5.57. The van der Waals surface area contributed by atoms with E-state index in [9.17, 15) is 15.2 Å². The molecular formula is C14H14N2O4. The number of nitrogens with zero attached hydrogens (tertiary/aromatic N) is 2. The second-order valence-electron chi connectivity index (χ2n) is 4.26. The highest BCUT2D eigenvalue weighted by molar-refractivity contribution is 5.44. The van der Waals surface area contributed by atoms with E-state index in [1.807, 2.05) is 12.1 Å². The summed E-state index contributed by atoms with van der Waals surface area (Å²) in [5, 5.41) is 20.4. The van der Waals surface area contributed by atoms with Crippen LogP contribution in [0, 0.1) is 10.1 Å². The minimum atomic E-state index is -0.853. The Balaban J connectivity index is 2.20. The Labute approximate surface area is 115 Å². The lowest BCUT2D eigenvalue weighted by Gasteiger charge is -2.13. The fourth-order valence-electron chi connectivity index (χ4n) is 1.74. The van der Waals surface area contributed by atoms with Gasteiger partial charge in [-0.1, -0.05) is 6.07 Å². The quantitative estimate of drug-likeness (QED) is 0.669. The van der Waals surface area contributed by atoms with E-state index in [4.69, 9.17) is 4.74 Å². The molecule has 0 fully saturated rings. The lowest BCUT2D eigenvalue weighted by Crippen LogP contribution is -2.03. The van der Waals surface area contributed by atoms with E-state index in [0.29, 0.717) is 11.3 Å². The van der Waals surface area contributed by atoms with Gasteiger partial charge in [-0.3, -0.25) is 15.1 Å². The van der Waals surface area contributed by atoms with Crippen molar-refractivity contribution in [3.05, 3.63) is 64.0 Å². The van der Waals surface area contributed by atoms with Gasteiger partial charge in [-0.25, -0.2) is 0 Å². The van der Waals surface area contributed by atoms with Crippen LogP contribution in [-0.2, 0) is 6.61 Å². The van der Waals surface area contributed by atoms with E-state index < -0.39 is 11.0 Å². The summed E-state index contributed by atoms with van der Waals surface area (Å²) in [5.41, 5.74) is 1.05. The largest absolute Gasteiger partial charge is 0.487 e. The number of rotatable bonds is 5. The number of pyridine rings is 1. The van der Waals surface area contributed by atoms with Crippen molar-refractivity contribution in [1.29, 1.82) is 0 Å². The van der Waals surface area contributed by atoms with E-state index in [2.05, 4.69) is 4.98 Å². The van der Waals surface area contributed by atoms with Gasteiger partial charge in [-0.05, 0) is 25.1 Å². The average molecular weight is 274 g/mol. The maximum atomic E-state index is 10.7. The smallest absolute Gasteiger partial charge is 0.270 e. The van der Waals surface area contributed by atoms with Gasteiger partial charge in [-0.2, -0.15) is 0 Å². The molecule has 1 atom stereocenters. The van der Waals surface area contributed by atoms with Crippen molar-refractivity contribution < 1.29 is 14.8 Å². The number of nitro benzene ring substituents is 1. The number of hydrogen-bond donors (Lipinski definition) is 1. The first-order valence-corrected chi connectivity index (χ1v) is 6.07. The van der Waals surface area contributed by atoms with E-state index in [-0.39, 0.29) is 12.3 Å². The van der Waals surface area contributed by atoms with Crippen molar-refractivity contribution in [2.24, 2.45) is 0 Å². The minimum absolute atomic E-state index is 0.0777. The molecule has 1 N–H and O–H groups in total. The first-order valence-electron chi connectivity index (χ1n) is 6.07. The first-order chi connectivity index (χ1) is 9.58. The van der Waals surface area contributed by atoms with Crippen LogP contribution in [0.1, 0.15) is 24.3 Å². The summed E-state index contributed by atoms with van der Waals surface area (Å²) in [4.78, 5) is 14.4. The van der Waals surface area contributed by atoms with E-state index in [1.54, 1.807) is 12.3 Å². The van der Waals surface area contributed by atoms with Gasteiger partial charge in [0, 0.05) is 23.9 Å². The maximum Gasteiger partial charge on any atom is 0.270 e. The van der Waals surface area contributed by atoms with Crippen LogP contribution in [0.2, 0.25) is 0 Å². The molecule has 0 radical (unpaired) electrons. The molecule has 0 aliphatic carbocycles. The number of nitro groups is 1. The third-order valence-corrected chi connectivity index (χ3v) is 2.76. The predicted octanol–water partition coefficient (Wildman–Crippen LogP) is 2.62. The third-order valence-electron chi connectivity index (χ3n) is 2.76. The van der Waals surface area contributed by atoms with Crippen LogP contribution in [0.3, 0.4) is 0 Å². The van der Waals surface area contributed by atoms with Crippen molar-refractivity contribution in [1.82, 2.24) is 4.98 Å². The summed E-state index contributed by atoms with van der Waals surface area (Å²) in [6.45, 7) is 1.77. The number of aliphatic hydroxyl groups excluding tert-OH is 1. The highest BCUT2D eigenvalue weighted by atomic mass is 16.6. The molecule has 1 heterocycles. The summed E-state index contributed by atoms with van der Waals surface area (Å²) in [6.07, 6.45) is 0.804. The van der Waals surface area contributed by atoms with Crippen molar-refractivity contribution in [3.8, 4) is 5.75 Å².